The lowest BCUT2D eigenvalue weighted by Crippen LogP contribution is -1.94. The van der Waals surface area contributed by atoms with Gasteiger partial charge >= 0.3 is 0 Å². The van der Waals surface area contributed by atoms with Crippen LogP contribution in [0.15, 0.2) is 238 Å². The Morgan fingerprint density at radius 1 is 0.276 bits per heavy atom. The highest BCUT2D eigenvalue weighted by Gasteiger charge is 2.07. The molecule has 0 spiro atoms. The summed E-state index contributed by atoms with van der Waals surface area (Å²) in [5.74, 6) is 51.4. The van der Waals surface area contributed by atoms with E-state index in [1.54, 1.807) is 30.9 Å². The molecule has 7 nitrogen and oxygen atoms in total. The van der Waals surface area contributed by atoms with Gasteiger partial charge in [-0.15, -0.1) is 5.10 Å². The first-order valence-corrected chi connectivity index (χ1v) is 44.4. The number of benzene rings is 8. The number of halogens is 1. The summed E-state index contributed by atoms with van der Waals surface area (Å²) >= 11 is 0. The van der Waals surface area contributed by atoms with E-state index in [4.69, 9.17) is 0 Å². The van der Waals surface area contributed by atoms with Crippen molar-refractivity contribution in [3.05, 3.63) is 383 Å². The molecule has 0 radical (unpaired) electrons. The third kappa shape index (κ3) is 35.0. The molecule has 123 heavy (non-hydrogen) atoms. The van der Waals surface area contributed by atoms with Gasteiger partial charge in [-0.25, -0.2) is 24.3 Å². The molecular formula is C115H116FN7. The van der Waals surface area contributed by atoms with E-state index in [9.17, 15) is 4.39 Å². The Bertz CT molecular complexity index is 5620. The number of aromatic nitrogens is 7. The maximum atomic E-state index is 14.5. The van der Waals surface area contributed by atoms with E-state index in [0.717, 1.165) is 160 Å². The normalized spacial score (nSPS) is 10.0. The van der Waals surface area contributed by atoms with Gasteiger partial charge in [0.05, 0.1) is 16.7 Å². The molecule has 0 aliphatic carbocycles. The molecule has 8 aromatic carbocycles. The Balaban J connectivity index is 0.000000186. The summed E-state index contributed by atoms with van der Waals surface area (Å²) in [6.07, 6.45) is 41.3. The van der Waals surface area contributed by atoms with Crippen molar-refractivity contribution in [3.63, 3.8) is 0 Å². The van der Waals surface area contributed by atoms with Gasteiger partial charge in [0.25, 0.3) is 0 Å². The number of pyridine rings is 1. The predicted octanol–water partition coefficient (Wildman–Crippen LogP) is 25.3. The van der Waals surface area contributed by atoms with Gasteiger partial charge in [0.2, 0.25) is 0 Å². The number of hydrogen-bond acceptors (Lipinski definition) is 7. The second kappa shape index (κ2) is 54.7. The minimum Gasteiger partial charge on any atom is -0.260 e. The molecule has 0 saturated carbocycles. The molecule has 0 atom stereocenters. The highest BCUT2D eigenvalue weighted by Crippen LogP contribution is 2.20. The minimum absolute atomic E-state index is 0.357. The Morgan fingerprint density at radius 3 is 1.03 bits per heavy atom. The fraction of sp³-hybridized carbons (Fsp3) is 0.296. The van der Waals surface area contributed by atoms with Crippen LogP contribution >= 0.6 is 0 Å². The minimum atomic E-state index is -0.357. The lowest BCUT2D eigenvalue weighted by molar-refractivity contribution is 0.624. The number of rotatable bonds is 25. The van der Waals surface area contributed by atoms with Gasteiger partial charge in [-0.1, -0.05) is 263 Å². The third-order valence-electron chi connectivity index (χ3n) is 20.5. The van der Waals surface area contributed by atoms with Crippen LogP contribution in [0, 0.1) is 107 Å². The summed E-state index contributed by atoms with van der Waals surface area (Å²) in [5, 5.41) is 7.87. The van der Waals surface area contributed by atoms with Gasteiger partial charge in [0.1, 0.15) is 23.7 Å². The molecule has 618 valence electrons. The maximum Gasteiger partial charge on any atom is 0.140 e. The van der Waals surface area contributed by atoms with Crippen LogP contribution in [0.2, 0.25) is 0 Å². The van der Waals surface area contributed by atoms with Crippen LogP contribution in [0.25, 0.3) is 0 Å². The molecule has 0 bridgehead atoms. The first-order chi connectivity index (χ1) is 60.4. The fourth-order valence-corrected chi connectivity index (χ4v) is 13.0. The van der Waals surface area contributed by atoms with Gasteiger partial charge in [0.15, 0.2) is 0 Å². The van der Waals surface area contributed by atoms with Crippen LogP contribution in [-0.2, 0) is 51.4 Å². The molecule has 12 aromatic rings. The second-order valence-corrected chi connectivity index (χ2v) is 30.5. The zero-order valence-electron chi connectivity index (χ0n) is 73.7. The summed E-state index contributed by atoms with van der Waals surface area (Å²) in [7, 11) is 0. The second-order valence-electron chi connectivity index (χ2n) is 30.5. The summed E-state index contributed by atoms with van der Waals surface area (Å²) < 4.78 is 14.5. The Hall–Kier alpha value is -13.4. The molecule has 12 rings (SSSR count). The van der Waals surface area contributed by atoms with E-state index in [1.807, 2.05) is 85.2 Å². The highest BCUT2D eigenvalue weighted by atomic mass is 19.1. The van der Waals surface area contributed by atoms with Crippen LogP contribution in [-0.4, -0.2) is 35.1 Å². The van der Waals surface area contributed by atoms with Crippen molar-refractivity contribution >= 4 is 0 Å². The largest absolute Gasteiger partial charge is 0.260 e. The molecule has 4 heterocycles. The summed E-state index contributed by atoms with van der Waals surface area (Å²) in [6.45, 7) is 19.6. The summed E-state index contributed by atoms with van der Waals surface area (Å²) in [6, 6.07) is 65.5. The monoisotopic (exact) mass is 1610 g/mol. The highest BCUT2D eigenvalue weighted by molar-refractivity contribution is 5.56. The third-order valence-corrected chi connectivity index (χ3v) is 20.5. The molecule has 0 fully saturated rings. The number of aryl methyl sites for hydroxylation is 9. The Kier molecular flexibility index (Phi) is 41.5. The Labute approximate surface area is 735 Å². The molecular weight excluding hydrogens is 1500 g/mol. The zero-order chi connectivity index (χ0) is 86.5. The zero-order valence-corrected chi connectivity index (χ0v) is 73.7. The first kappa shape index (κ1) is 93.4. The van der Waals surface area contributed by atoms with Gasteiger partial charge in [0, 0.05) is 116 Å². The molecule has 0 amide bonds. The van der Waals surface area contributed by atoms with Crippen molar-refractivity contribution in [1.29, 1.82) is 0 Å². The molecule has 0 unspecified atom stereocenters. The average Bonchev–Trinajstić information content (AvgIpc) is 0.864. The van der Waals surface area contributed by atoms with Crippen LogP contribution in [0.5, 0.6) is 0 Å². The van der Waals surface area contributed by atoms with Gasteiger partial charge in [-0.3, -0.25) is 4.98 Å². The van der Waals surface area contributed by atoms with Crippen LogP contribution in [0.3, 0.4) is 0 Å². The summed E-state index contributed by atoms with van der Waals surface area (Å²) in [5.41, 5.74) is 24.4. The SMILES string of the molecule is CCCCCc1ccc(C#Cc2ccc(C#Cc3ccc(CCCCC)nc3)c(F)c2)cc1.CCCCCc1ccc(C#Cc2ccc(C#Cc3cccnn3)c(CC)c2)cc1.CCCCCc1ccc(C#Cc2ccc(C#Cc3cnc(CCCC)nc3)c(C)c2)cc1.CCCCCc1ccc(C#Cc2ccc(C#Cc3cncnc3)c(CC)c2)cc1. The average molecular weight is 1620 g/mol. The number of unbranched alkanes of at least 4 members (excludes halogenated alkanes) is 11. The molecule has 8 heteroatoms. The molecule has 0 N–H and O–H groups in total. The van der Waals surface area contributed by atoms with Crippen molar-refractivity contribution in [2.45, 2.75) is 223 Å². The number of hydrogen-bond donors (Lipinski definition) is 0. The van der Waals surface area contributed by atoms with E-state index in [2.05, 4.69) is 301 Å². The molecule has 0 aliphatic heterocycles. The first-order valence-electron chi connectivity index (χ1n) is 44.4. The van der Waals surface area contributed by atoms with E-state index in [0.29, 0.717) is 16.8 Å². The van der Waals surface area contributed by atoms with Crippen molar-refractivity contribution in [2.24, 2.45) is 0 Å². The number of nitrogens with zero attached hydrogens (tertiary/aromatic N) is 7. The Morgan fingerprint density at radius 2 is 0.626 bits per heavy atom. The fourth-order valence-electron chi connectivity index (χ4n) is 13.0. The lowest BCUT2D eigenvalue weighted by atomic mass is 10.0. The topological polar surface area (TPSA) is 90.2 Å². The van der Waals surface area contributed by atoms with Crippen molar-refractivity contribution < 1.29 is 4.39 Å². The maximum absolute atomic E-state index is 14.5. The molecule has 0 saturated heterocycles. The smallest absolute Gasteiger partial charge is 0.140 e. The van der Waals surface area contributed by atoms with Gasteiger partial charge in [-0.2, -0.15) is 5.10 Å². The van der Waals surface area contributed by atoms with Crippen molar-refractivity contribution in [1.82, 2.24) is 35.1 Å². The van der Waals surface area contributed by atoms with Crippen LogP contribution in [0.4, 0.5) is 4.39 Å². The standard InChI is InChI=1S/C31H32FN.C30H32N2.2C27H26N2/c1-3-5-7-9-25-11-13-26(14-12-25)15-16-27-17-20-29(31(32)23-27)21-18-28-19-22-30(33-24-28)10-8-6-4-2;1-4-6-8-9-25-11-13-26(14-12-25)15-16-27-17-19-29(24(3)21-27)20-18-28-22-31-30(32-23-28)10-7-5-2;1-3-5-6-8-22-10-12-23(13-11-22)14-15-24-16-17-26(25(4-2)21-24)18-19-27-9-7-20-28-29-27;1-3-5-6-7-22-8-10-23(11-9-22)12-13-24-14-16-27(26(4-2)18-24)17-15-25-19-28-21-29-20-25/h11-14,17,19-20,22-24H,3-10H2,1-2H3;11-14,17,19,21-23H,4-10H2,1-3H3;7,9-13,16-17,20-21H,3-6,8H2,1-2H3;8-11,14,16,18-21H,3-7H2,1-2H3. The van der Waals surface area contributed by atoms with E-state index >= 15 is 0 Å². The van der Waals surface area contributed by atoms with E-state index in [1.165, 1.54) is 136 Å². The van der Waals surface area contributed by atoms with Crippen LogP contribution < -0.4 is 0 Å². The quantitative estimate of drug-likeness (QED) is 0.0416. The summed E-state index contributed by atoms with van der Waals surface area (Å²) in [4.78, 5) is 21.3. The van der Waals surface area contributed by atoms with Gasteiger partial charge < -0.3 is 0 Å². The predicted molar refractivity (Wildman–Crippen MR) is 508 cm³/mol. The van der Waals surface area contributed by atoms with Crippen molar-refractivity contribution in [3.8, 4) is 94.7 Å². The van der Waals surface area contributed by atoms with Gasteiger partial charge in [-0.05, 0) is 281 Å². The van der Waals surface area contributed by atoms with E-state index < -0.39 is 0 Å². The molecule has 0 aliphatic rings. The lowest BCUT2D eigenvalue weighted by Gasteiger charge is -2.02. The van der Waals surface area contributed by atoms with E-state index in [-0.39, 0.29) is 5.82 Å². The van der Waals surface area contributed by atoms with Crippen LogP contribution in [0.1, 0.15) is 304 Å². The molecule has 4 aromatic heterocycles. The van der Waals surface area contributed by atoms with Crippen molar-refractivity contribution in [2.75, 3.05) is 0 Å².